The Morgan fingerprint density at radius 2 is 1.85 bits per heavy atom. The standard InChI is InChI=1S/C17H32N2O/c1-12(2)10-14-18-15(13(3)4)16(20)19(14)11-17(5)8-6-7-9-17/h12-15,18H,6-11H2,1-5H3. The summed E-state index contributed by atoms with van der Waals surface area (Å²) in [6.45, 7) is 12.1. The lowest BCUT2D eigenvalue weighted by Gasteiger charge is -2.34. The van der Waals surface area contributed by atoms with E-state index in [9.17, 15) is 4.79 Å². The van der Waals surface area contributed by atoms with Gasteiger partial charge in [-0.05, 0) is 36.5 Å². The molecule has 2 unspecified atom stereocenters. The molecule has 2 rings (SSSR count). The Labute approximate surface area is 124 Å². The number of hydrogen-bond acceptors (Lipinski definition) is 2. The van der Waals surface area contributed by atoms with Crippen LogP contribution in [0.15, 0.2) is 0 Å². The van der Waals surface area contributed by atoms with Crippen LogP contribution >= 0.6 is 0 Å². The van der Waals surface area contributed by atoms with E-state index in [1.165, 1.54) is 25.7 Å². The molecule has 1 aliphatic heterocycles. The Hall–Kier alpha value is -0.570. The van der Waals surface area contributed by atoms with E-state index in [-0.39, 0.29) is 12.2 Å². The first-order valence-electron chi connectivity index (χ1n) is 8.39. The van der Waals surface area contributed by atoms with E-state index < -0.39 is 0 Å². The maximum Gasteiger partial charge on any atom is 0.241 e. The molecular weight excluding hydrogens is 248 g/mol. The van der Waals surface area contributed by atoms with Crippen LogP contribution < -0.4 is 5.32 Å². The van der Waals surface area contributed by atoms with Gasteiger partial charge in [-0.3, -0.25) is 10.1 Å². The van der Waals surface area contributed by atoms with Crippen LogP contribution in [0.3, 0.4) is 0 Å². The fourth-order valence-corrected chi connectivity index (χ4v) is 3.81. The number of amides is 1. The Bertz CT molecular complexity index is 345. The summed E-state index contributed by atoms with van der Waals surface area (Å²) in [5.74, 6) is 1.32. The van der Waals surface area contributed by atoms with Crippen LogP contribution in [-0.2, 0) is 4.79 Å². The normalized spacial score (nSPS) is 29.9. The van der Waals surface area contributed by atoms with Crippen molar-refractivity contribution < 1.29 is 4.79 Å². The minimum atomic E-state index is 0.0174. The van der Waals surface area contributed by atoms with Crippen molar-refractivity contribution in [2.45, 2.75) is 78.9 Å². The van der Waals surface area contributed by atoms with Gasteiger partial charge < -0.3 is 4.90 Å². The zero-order valence-electron chi connectivity index (χ0n) is 13.9. The molecule has 116 valence electrons. The van der Waals surface area contributed by atoms with Gasteiger partial charge in [0.1, 0.15) is 0 Å². The quantitative estimate of drug-likeness (QED) is 0.837. The monoisotopic (exact) mass is 280 g/mol. The zero-order valence-corrected chi connectivity index (χ0v) is 13.9. The zero-order chi connectivity index (χ0) is 14.9. The van der Waals surface area contributed by atoms with Crippen LogP contribution in [0.25, 0.3) is 0 Å². The summed E-state index contributed by atoms with van der Waals surface area (Å²) in [4.78, 5) is 14.9. The van der Waals surface area contributed by atoms with Crippen LogP contribution in [0.5, 0.6) is 0 Å². The van der Waals surface area contributed by atoms with E-state index in [2.05, 4.69) is 44.8 Å². The Kier molecular flexibility index (Phi) is 4.78. The molecule has 1 N–H and O–H groups in total. The molecule has 0 aromatic rings. The number of nitrogens with one attached hydrogen (secondary N) is 1. The third-order valence-electron chi connectivity index (χ3n) is 5.02. The number of hydrogen-bond donors (Lipinski definition) is 1. The number of carbonyl (C=O) groups is 1. The predicted molar refractivity (Wildman–Crippen MR) is 83.3 cm³/mol. The SMILES string of the molecule is CC(C)CC1NC(C(C)C)C(=O)N1CC1(C)CCCC1. The molecule has 1 saturated carbocycles. The molecule has 0 aromatic carbocycles. The summed E-state index contributed by atoms with van der Waals surface area (Å²) in [6, 6.07) is 0.0174. The molecule has 0 spiro atoms. The molecule has 2 atom stereocenters. The average molecular weight is 280 g/mol. The molecule has 0 aromatic heterocycles. The van der Waals surface area contributed by atoms with Crippen molar-refractivity contribution in [1.29, 1.82) is 0 Å². The van der Waals surface area contributed by atoms with Gasteiger partial charge in [-0.15, -0.1) is 0 Å². The Balaban J connectivity index is 2.10. The van der Waals surface area contributed by atoms with Crippen LogP contribution in [0.2, 0.25) is 0 Å². The summed E-state index contributed by atoms with van der Waals surface area (Å²) in [5, 5.41) is 3.59. The molecule has 1 aliphatic carbocycles. The Morgan fingerprint density at radius 1 is 1.25 bits per heavy atom. The van der Waals surface area contributed by atoms with Gasteiger partial charge in [0, 0.05) is 6.54 Å². The summed E-state index contributed by atoms with van der Waals surface area (Å²) < 4.78 is 0. The molecular formula is C17H32N2O. The van der Waals surface area contributed by atoms with Gasteiger partial charge in [0.25, 0.3) is 0 Å². The van der Waals surface area contributed by atoms with Gasteiger partial charge in [-0.2, -0.15) is 0 Å². The van der Waals surface area contributed by atoms with Crippen molar-refractivity contribution in [3.63, 3.8) is 0 Å². The molecule has 1 heterocycles. The van der Waals surface area contributed by atoms with E-state index in [1.807, 2.05) is 0 Å². The molecule has 2 aliphatic rings. The largest absolute Gasteiger partial charge is 0.325 e. The second kappa shape index (κ2) is 6.05. The van der Waals surface area contributed by atoms with Crippen molar-refractivity contribution in [1.82, 2.24) is 10.2 Å². The lowest BCUT2D eigenvalue weighted by atomic mass is 9.88. The summed E-state index contributed by atoms with van der Waals surface area (Å²) >= 11 is 0. The van der Waals surface area contributed by atoms with Gasteiger partial charge in [-0.1, -0.05) is 47.5 Å². The third kappa shape index (κ3) is 3.36. The molecule has 1 saturated heterocycles. The number of carbonyl (C=O) groups excluding carboxylic acids is 1. The highest BCUT2D eigenvalue weighted by atomic mass is 16.2. The minimum Gasteiger partial charge on any atom is -0.325 e. The van der Waals surface area contributed by atoms with Crippen molar-refractivity contribution in [3.05, 3.63) is 0 Å². The molecule has 3 nitrogen and oxygen atoms in total. The molecule has 20 heavy (non-hydrogen) atoms. The van der Waals surface area contributed by atoms with E-state index in [0.29, 0.717) is 23.2 Å². The van der Waals surface area contributed by atoms with E-state index in [0.717, 1.165) is 13.0 Å². The van der Waals surface area contributed by atoms with Gasteiger partial charge in [0.15, 0.2) is 0 Å². The average Bonchev–Trinajstić information content (AvgIpc) is 2.88. The molecule has 0 bridgehead atoms. The minimum absolute atomic E-state index is 0.0174. The highest BCUT2D eigenvalue weighted by Gasteiger charge is 2.43. The summed E-state index contributed by atoms with van der Waals surface area (Å²) in [5.41, 5.74) is 0.346. The first kappa shape index (κ1) is 15.8. The van der Waals surface area contributed by atoms with Crippen LogP contribution in [-0.4, -0.2) is 29.6 Å². The maximum absolute atomic E-state index is 12.7. The van der Waals surface area contributed by atoms with Gasteiger partial charge >= 0.3 is 0 Å². The fourth-order valence-electron chi connectivity index (χ4n) is 3.81. The van der Waals surface area contributed by atoms with Crippen LogP contribution in [0.4, 0.5) is 0 Å². The lowest BCUT2D eigenvalue weighted by molar-refractivity contribution is -0.132. The molecule has 1 amide bonds. The smallest absolute Gasteiger partial charge is 0.241 e. The molecule has 3 heteroatoms. The first-order chi connectivity index (χ1) is 9.32. The van der Waals surface area contributed by atoms with Crippen LogP contribution in [0.1, 0.15) is 66.7 Å². The highest BCUT2D eigenvalue weighted by molar-refractivity contribution is 5.84. The lowest BCUT2D eigenvalue weighted by Crippen LogP contribution is -2.43. The third-order valence-corrected chi connectivity index (χ3v) is 5.02. The number of nitrogens with zero attached hydrogens (tertiary/aromatic N) is 1. The highest BCUT2D eigenvalue weighted by Crippen LogP contribution is 2.39. The van der Waals surface area contributed by atoms with Crippen molar-refractivity contribution >= 4 is 5.91 Å². The van der Waals surface area contributed by atoms with Gasteiger partial charge in [0.05, 0.1) is 12.2 Å². The van der Waals surface area contributed by atoms with Gasteiger partial charge in [0.2, 0.25) is 5.91 Å². The first-order valence-corrected chi connectivity index (χ1v) is 8.39. The van der Waals surface area contributed by atoms with Crippen molar-refractivity contribution in [2.75, 3.05) is 6.54 Å². The van der Waals surface area contributed by atoms with Crippen molar-refractivity contribution in [3.8, 4) is 0 Å². The molecule has 0 radical (unpaired) electrons. The maximum atomic E-state index is 12.7. The second-order valence-corrected chi connectivity index (χ2v) is 8.02. The topological polar surface area (TPSA) is 32.3 Å². The van der Waals surface area contributed by atoms with E-state index >= 15 is 0 Å². The summed E-state index contributed by atoms with van der Waals surface area (Å²) in [7, 11) is 0. The van der Waals surface area contributed by atoms with E-state index in [1.54, 1.807) is 0 Å². The Morgan fingerprint density at radius 3 is 2.35 bits per heavy atom. The predicted octanol–water partition coefficient (Wildman–Crippen LogP) is 3.40. The summed E-state index contributed by atoms with van der Waals surface area (Å²) in [6.07, 6.45) is 6.51. The second-order valence-electron chi connectivity index (χ2n) is 8.02. The van der Waals surface area contributed by atoms with E-state index in [4.69, 9.17) is 0 Å². The fraction of sp³-hybridized carbons (Fsp3) is 0.941. The van der Waals surface area contributed by atoms with Gasteiger partial charge in [-0.25, -0.2) is 0 Å². The van der Waals surface area contributed by atoms with Crippen LogP contribution in [0, 0.1) is 17.3 Å². The number of rotatable bonds is 5. The van der Waals surface area contributed by atoms with Crippen molar-refractivity contribution in [2.24, 2.45) is 17.3 Å². The molecule has 2 fully saturated rings.